The van der Waals surface area contributed by atoms with Crippen LogP contribution in [0.4, 0.5) is 0 Å². The first kappa shape index (κ1) is 21.1. The minimum Gasteiger partial charge on any atom is -0.366 e. The van der Waals surface area contributed by atoms with E-state index in [2.05, 4.69) is 0 Å². The first-order valence-electron chi connectivity index (χ1n) is 12.1. The van der Waals surface area contributed by atoms with Gasteiger partial charge < -0.3 is 10.6 Å². The molecular weight excluding hydrogens is 428 g/mol. The van der Waals surface area contributed by atoms with Crippen molar-refractivity contribution >= 4 is 23.6 Å². The van der Waals surface area contributed by atoms with E-state index < -0.39 is 11.4 Å². The smallest absolute Gasteiger partial charge is 0.256 e. The third-order valence-corrected chi connectivity index (χ3v) is 7.53. The van der Waals surface area contributed by atoms with Crippen molar-refractivity contribution in [3.63, 3.8) is 0 Å². The lowest BCUT2D eigenvalue weighted by atomic mass is 10.0. The molecule has 34 heavy (non-hydrogen) atoms. The Balaban J connectivity index is 1.21. The molecule has 3 fully saturated rings. The van der Waals surface area contributed by atoms with Gasteiger partial charge in [-0.3, -0.25) is 24.3 Å². The second-order valence-electron chi connectivity index (χ2n) is 10.1. The van der Waals surface area contributed by atoms with E-state index in [9.17, 15) is 14.4 Å². The third-order valence-electron chi connectivity index (χ3n) is 7.53. The number of rotatable bonds is 6. The van der Waals surface area contributed by atoms with Crippen LogP contribution in [0.25, 0.3) is 11.1 Å². The molecule has 7 nitrogen and oxygen atoms in total. The minimum absolute atomic E-state index is 0.104. The van der Waals surface area contributed by atoms with Gasteiger partial charge in [-0.25, -0.2) is 0 Å². The van der Waals surface area contributed by atoms with Crippen molar-refractivity contribution in [1.29, 1.82) is 0 Å². The van der Waals surface area contributed by atoms with Crippen molar-refractivity contribution in [2.24, 2.45) is 22.6 Å². The van der Waals surface area contributed by atoms with Gasteiger partial charge in [0.15, 0.2) is 0 Å². The number of aliphatic imine (C=N–C) groups is 1. The molecule has 2 aromatic rings. The number of nitrogens with two attached hydrogens (primary N) is 1. The molecule has 0 radical (unpaired) electrons. The van der Waals surface area contributed by atoms with Crippen molar-refractivity contribution in [3.05, 3.63) is 59.7 Å². The SMILES string of the molecule is NC(=O)c1cccc(-c2ccc(C3=NC4(CC4)C(=O)N3CC3CCN(C(=O)C4CC4)C3)cc2)c1. The van der Waals surface area contributed by atoms with Crippen molar-refractivity contribution < 1.29 is 14.4 Å². The lowest BCUT2D eigenvalue weighted by Gasteiger charge is -2.23. The van der Waals surface area contributed by atoms with Gasteiger partial charge in [0.2, 0.25) is 11.8 Å². The van der Waals surface area contributed by atoms with E-state index in [1.807, 2.05) is 46.2 Å². The van der Waals surface area contributed by atoms with Crippen molar-refractivity contribution in [3.8, 4) is 11.1 Å². The van der Waals surface area contributed by atoms with Crippen LogP contribution in [0, 0.1) is 11.8 Å². The van der Waals surface area contributed by atoms with Crippen LogP contribution in [-0.4, -0.2) is 58.5 Å². The van der Waals surface area contributed by atoms with Gasteiger partial charge in [-0.2, -0.15) is 0 Å². The molecule has 1 unspecified atom stereocenters. The number of likely N-dealkylation sites (tertiary alicyclic amines) is 1. The second-order valence-corrected chi connectivity index (χ2v) is 10.1. The summed E-state index contributed by atoms with van der Waals surface area (Å²) >= 11 is 0. The number of amidine groups is 1. The zero-order chi connectivity index (χ0) is 23.4. The predicted octanol–water partition coefficient (Wildman–Crippen LogP) is 2.83. The molecule has 2 saturated carbocycles. The largest absolute Gasteiger partial charge is 0.366 e. The van der Waals surface area contributed by atoms with Gasteiger partial charge in [0.25, 0.3) is 5.91 Å². The van der Waals surface area contributed by atoms with Gasteiger partial charge in [-0.05, 0) is 61.3 Å². The molecule has 7 heteroatoms. The number of carbonyl (C=O) groups excluding carboxylic acids is 3. The summed E-state index contributed by atoms with van der Waals surface area (Å²) in [5.41, 5.74) is 8.12. The molecule has 0 aromatic heterocycles. The Labute approximate surface area is 198 Å². The summed E-state index contributed by atoms with van der Waals surface area (Å²) in [7, 11) is 0. The first-order valence-corrected chi connectivity index (χ1v) is 12.1. The lowest BCUT2D eigenvalue weighted by Crippen LogP contribution is -2.40. The number of primary amides is 1. The summed E-state index contributed by atoms with van der Waals surface area (Å²) in [5, 5.41) is 0. The van der Waals surface area contributed by atoms with E-state index in [0.29, 0.717) is 18.0 Å². The highest BCUT2D eigenvalue weighted by Gasteiger charge is 2.57. The highest BCUT2D eigenvalue weighted by atomic mass is 16.2. The number of carbonyl (C=O) groups is 3. The number of amides is 3. The Morgan fingerprint density at radius 3 is 2.41 bits per heavy atom. The average molecular weight is 457 g/mol. The summed E-state index contributed by atoms with van der Waals surface area (Å²) in [6.45, 7) is 2.13. The Morgan fingerprint density at radius 2 is 1.74 bits per heavy atom. The van der Waals surface area contributed by atoms with Gasteiger partial charge in [-0.15, -0.1) is 0 Å². The summed E-state index contributed by atoms with van der Waals surface area (Å²) in [6, 6.07) is 15.2. The fourth-order valence-electron chi connectivity index (χ4n) is 5.18. The summed E-state index contributed by atoms with van der Waals surface area (Å²) in [4.78, 5) is 46.0. The molecule has 2 heterocycles. The van der Waals surface area contributed by atoms with Gasteiger partial charge in [-0.1, -0.05) is 36.4 Å². The lowest BCUT2D eigenvalue weighted by molar-refractivity contribution is -0.131. The van der Waals surface area contributed by atoms with Crippen LogP contribution in [0.5, 0.6) is 0 Å². The fraction of sp³-hybridized carbons (Fsp3) is 0.407. The molecule has 2 aliphatic heterocycles. The molecule has 1 spiro atoms. The monoisotopic (exact) mass is 456 g/mol. The minimum atomic E-state index is -0.564. The van der Waals surface area contributed by atoms with Gasteiger partial charge in [0, 0.05) is 36.7 Å². The maximum Gasteiger partial charge on any atom is 0.256 e. The van der Waals surface area contributed by atoms with Crippen molar-refractivity contribution in [2.75, 3.05) is 19.6 Å². The van der Waals surface area contributed by atoms with Crippen LogP contribution in [-0.2, 0) is 9.59 Å². The molecule has 2 N–H and O–H groups in total. The molecule has 6 rings (SSSR count). The standard InChI is InChI=1S/C27H28N4O3/c28-23(32)22-3-1-2-21(14-22)18-4-6-19(7-5-18)24-29-27(11-12-27)26(34)31(24)16-17-10-13-30(15-17)25(33)20-8-9-20/h1-7,14,17,20H,8-13,15-16H2,(H2,28,32). The molecular formula is C27H28N4O3. The zero-order valence-electron chi connectivity index (χ0n) is 19.1. The molecule has 1 saturated heterocycles. The van der Waals surface area contributed by atoms with Crippen LogP contribution in [0.1, 0.15) is 48.0 Å². The van der Waals surface area contributed by atoms with Crippen LogP contribution < -0.4 is 5.73 Å². The molecule has 174 valence electrons. The third kappa shape index (κ3) is 3.69. The Hall–Kier alpha value is -3.48. The van der Waals surface area contributed by atoms with Gasteiger partial charge >= 0.3 is 0 Å². The Kier molecular flexibility index (Phi) is 4.83. The van der Waals surface area contributed by atoms with E-state index >= 15 is 0 Å². The quantitative estimate of drug-likeness (QED) is 0.724. The van der Waals surface area contributed by atoms with Gasteiger partial charge in [0.05, 0.1) is 0 Å². The molecule has 0 bridgehead atoms. The van der Waals surface area contributed by atoms with Crippen LogP contribution in [0.2, 0.25) is 0 Å². The van der Waals surface area contributed by atoms with Crippen molar-refractivity contribution in [2.45, 2.75) is 37.6 Å². The Morgan fingerprint density at radius 1 is 1.00 bits per heavy atom. The van der Waals surface area contributed by atoms with E-state index in [0.717, 1.165) is 67.7 Å². The Bertz CT molecular complexity index is 1210. The van der Waals surface area contributed by atoms with Crippen LogP contribution in [0.3, 0.4) is 0 Å². The van der Waals surface area contributed by atoms with E-state index in [1.165, 1.54) is 0 Å². The molecule has 4 aliphatic rings. The normalized spacial score (nSPS) is 22.9. The molecule has 2 aliphatic carbocycles. The zero-order valence-corrected chi connectivity index (χ0v) is 19.1. The molecule has 1 atom stereocenters. The van der Waals surface area contributed by atoms with E-state index in [4.69, 9.17) is 10.7 Å². The maximum absolute atomic E-state index is 13.3. The predicted molar refractivity (Wildman–Crippen MR) is 128 cm³/mol. The van der Waals surface area contributed by atoms with Crippen LogP contribution in [0.15, 0.2) is 53.5 Å². The summed E-state index contributed by atoms with van der Waals surface area (Å²) in [5.74, 6) is 1.20. The maximum atomic E-state index is 13.3. The number of benzene rings is 2. The first-order chi connectivity index (χ1) is 16.4. The highest BCUT2D eigenvalue weighted by molar-refractivity contribution is 6.16. The topological polar surface area (TPSA) is 96.1 Å². The van der Waals surface area contributed by atoms with Crippen LogP contribution >= 0.6 is 0 Å². The number of hydrogen-bond donors (Lipinski definition) is 1. The summed E-state index contributed by atoms with van der Waals surface area (Å²) < 4.78 is 0. The molecule has 2 aromatic carbocycles. The fourth-order valence-corrected chi connectivity index (χ4v) is 5.18. The highest BCUT2D eigenvalue weighted by Crippen LogP contribution is 2.46. The van der Waals surface area contributed by atoms with E-state index in [1.54, 1.807) is 12.1 Å². The average Bonchev–Trinajstić information content (AvgIpc) is 3.78. The number of nitrogens with zero attached hydrogens (tertiary/aromatic N) is 3. The van der Waals surface area contributed by atoms with E-state index in [-0.39, 0.29) is 17.7 Å². The van der Waals surface area contributed by atoms with Gasteiger partial charge in [0.1, 0.15) is 11.4 Å². The summed E-state index contributed by atoms with van der Waals surface area (Å²) in [6.07, 6.45) is 4.58. The second kappa shape index (κ2) is 7.79. The van der Waals surface area contributed by atoms with Crippen molar-refractivity contribution in [1.82, 2.24) is 9.80 Å². The molecule has 3 amide bonds. The number of hydrogen-bond acceptors (Lipinski definition) is 4.